The van der Waals surface area contributed by atoms with Crippen molar-refractivity contribution in [1.82, 2.24) is 19.9 Å². The number of nitrogens with two attached hydrogens (primary N) is 1. The van der Waals surface area contributed by atoms with Crippen LogP contribution >= 0.6 is 0 Å². The molecule has 0 aliphatic heterocycles. The van der Waals surface area contributed by atoms with Gasteiger partial charge in [-0.25, -0.2) is 0 Å². The van der Waals surface area contributed by atoms with Gasteiger partial charge in [-0.1, -0.05) is 5.16 Å². The normalized spacial score (nSPS) is 10.9. The number of aryl methyl sites for hydroxylation is 2. The highest BCUT2D eigenvalue weighted by atomic mass is 16.5. The number of hydrogen-bond acceptors (Lipinski definition) is 5. The van der Waals surface area contributed by atoms with Crippen LogP contribution in [-0.2, 0) is 13.5 Å². The summed E-state index contributed by atoms with van der Waals surface area (Å²) in [5, 5.41) is 8.09. The lowest BCUT2D eigenvalue weighted by Crippen LogP contribution is -1.99. The fourth-order valence-electron chi connectivity index (χ4n) is 1.42. The molecule has 0 aliphatic carbocycles. The molecule has 2 rings (SSSR count). The lowest BCUT2D eigenvalue weighted by Gasteiger charge is -1.91. The molecule has 0 saturated heterocycles. The van der Waals surface area contributed by atoms with Crippen molar-refractivity contribution in [3.8, 4) is 11.5 Å². The van der Waals surface area contributed by atoms with Crippen molar-refractivity contribution in [3.05, 3.63) is 18.2 Å². The fourth-order valence-corrected chi connectivity index (χ4v) is 1.42. The summed E-state index contributed by atoms with van der Waals surface area (Å²) in [4.78, 5) is 4.27. The van der Waals surface area contributed by atoms with E-state index in [-0.39, 0.29) is 0 Å². The van der Waals surface area contributed by atoms with Crippen molar-refractivity contribution in [2.24, 2.45) is 12.8 Å². The first kappa shape index (κ1) is 10.8. The van der Waals surface area contributed by atoms with Gasteiger partial charge in [0.1, 0.15) is 5.69 Å². The van der Waals surface area contributed by atoms with Crippen LogP contribution in [0.25, 0.3) is 11.5 Å². The molecule has 6 heteroatoms. The molecule has 0 amide bonds. The summed E-state index contributed by atoms with van der Waals surface area (Å²) >= 11 is 0. The van der Waals surface area contributed by atoms with Crippen molar-refractivity contribution < 1.29 is 4.52 Å². The van der Waals surface area contributed by atoms with Gasteiger partial charge in [0, 0.05) is 19.7 Å². The monoisotopic (exact) mass is 221 g/mol. The minimum atomic E-state index is 0.545. The molecule has 6 nitrogen and oxygen atoms in total. The number of hydrogen-bond donors (Lipinski definition) is 1. The van der Waals surface area contributed by atoms with Crippen molar-refractivity contribution >= 4 is 0 Å². The highest BCUT2D eigenvalue weighted by Crippen LogP contribution is 2.13. The van der Waals surface area contributed by atoms with Crippen molar-refractivity contribution in [3.63, 3.8) is 0 Å². The van der Waals surface area contributed by atoms with Gasteiger partial charge in [-0.2, -0.15) is 10.1 Å². The van der Waals surface area contributed by atoms with Crippen LogP contribution in [0.2, 0.25) is 0 Å². The molecule has 2 heterocycles. The predicted molar refractivity (Wildman–Crippen MR) is 58.5 cm³/mol. The van der Waals surface area contributed by atoms with Crippen LogP contribution in [0.5, 0.6) is 0 Å². The van der Waals surface area contributed by atoms with Crippen LogP contribution in [0.15, 0.2) is 16.8 Å². The Kier molecular flexibility index (Phi) is 3.31. The largest absolute Gasteiger partial charge is 0.339 e. The highest BCUT2D eigenvalue weighted by Gasteiger charge is 2.10. The maximum atomic E-state index is 5.41. The number of nitrogens with zero attached hydrogens (tertiary/aromatic N) is 4. The lowest BCUT2D eigenvalue weighted by atomic mass is 10.2. The molecule has 0 unspecified atom stereocenters. The summed E-state index contributed by atoms with van der Waals surface area (Å²) in [5.74, 6) is 1.19. The van der Waals surface area contributed by atoms with Crippen LogP contribution < -0.4 is 5.73 Å². The summed E-state index contributed by atoms with van der Waals surface area (Å²) < 4.78 is 6.83. The maximum Gasteiger partial charge on any atom is 0.227 e. The predicted octanol–water partition coefficient (Wildman–Crippen LogP) is 0.751. The van der Waals surface area contributed by atoms with Crippen LogP contribution in [0.4, 0.5) is 0 Å². The van der Waals surface area contributed by atoms with Crippen molar-refractivity contribution in [1.29, 1.82) is 0 Å². The van der Waals surface area contributed by atoms with E-state index in [2.05, 4.69) is 15.2 Å². The molecule has 0 aliphatic rings. The van der Waals surface area contributed by atoms with E-state index in [9.17, 15) is 0 Å². The van der Waals surface area contributed by atoms with Gasteiger partial charge in [0.2, 0.25) is 11.7 Å². The second kappa shape index (κ2) is 4.89. The van der Waals surface area contributed by atoms with Crippen LogP contribution in [-0.4, -0.2) is 26.5 Å². The number of unbranched alkanes of at least 4 members (excludes halogenated alkanes) is 1. The van der Waals surface area contributed by atoms with Gasteiger partial charge >= 0.3 is 0 Å². The molecule has 2 aromatic heterocycles. The molecule has 0 radical (unpaired) electrons. The van der Waals surface area contributed by atoms with Gasteiger partial charge in [0.15, 0.2) is 0 Å². The Bertz CT molecular complexity index is 448. The number of rotatable bonds is 5. The summed E-state index contributed by atoms with van der Waals surface area (Å²) in [6.45, 7) is 0.696. The summed E-state index contributed by atoms with van der Waals surface area (Å²) in [7, 11) is 1.85. The molecule has 0 atom stereocenters. The average Bonchev–Trinajstić information content (AvgIpc) is 2.87. The van der Waals surface area contributed by atoms with Crippen molar-refractivity contribution in [2.75, 3.05) is 6.54 Å². The van der Waals surface area contributed by atoms with Gasteiger partial charge in [-0.15, -0.1) is 0 Å². The van der Waals surface area contributed by atoms with E-state index in [1.54, 1.807) is 4.68 Å². The van der Waals surface area contributed by atoms with Crippen LogP contribution in [0, 0.1) is 0 Å². The third-order valence-electron chi connectivity index (χ3n) is 2.26. The van der Waals surface area contributed by atoms with Gasteiger partial charge in [-0.3, -0.25) is 4.68 Å². The van der Waals surface area contributed by atoms with Gasteiger partial charge < -0.3 is 10.3 Å². The van der Waals surface area contributed by atoms with Crippen LogP contribution in [0.3, 0.4) is 0 Å². The third-order valence-corrected chi connectivity index (χ3v) is 2.26. The quantitative estimate of drug-likeness (QED) is 0.753. The first-order valence-corrected chi connectivity index (χ1v) is 5.32. The molecule has 0 fully saturated rings. The molecule has 0 bridgehead atoms. The van der Waals surface area contributed by atoms with Crippen molar-refractivity contribution in [2.45, 2.75) is 19.3 Å². The molecular formula is C10H15N5O. The summed E-state index contributed by atoms with van der Waals surface area (Å²) in [6, 6.07) is 1.86. The summed E-state index contributed by atoms with van der Waals surface area (Å²) in [6.07, 6.45) is 4.57. The lowest BCUT2D eigenvalue weighted by molar-refractivity contribution is 0.375. The zero-order valence-corrected chi connectivity index (χ0v) is 9.26. The maximum absolute atomic E-state index is 5.41. The third kappa shape index (κ3) is 2.46. The number of aromatic nitrogens is 4. The molecule has 0 spiro atoms. The topological polar surface area (TPSA) is 82.8 Å². The second-order valence-electron chi connectivity index (χ2n) is 3.63. The van der Waals surface area contributed by atoms with E-state index >= 15 is 0 Å². The molecule has 16 heavy (non-hydrogen) atoms. The molecular weight excluding hydrogens is 206 g/mol. The highest BCUT2D eigenvalue weighted by molar-refractivity contribution is 5.46. The Labute approximate surface area is 93.4 Å². The van der Waals surface area contributed by atoms with E-state index in [0.717, 1.165) is 25.0 Å². The molecule has 0 aromatic carbocycles. The van der Waals surface area contributed by atoms with Gasteiger partial charge in [0.25, 0.3) is 0 Å². The van der Waals surface area contributed by atoms with E-state index < -0.39 is 0 Å². The first-order valence-electron chi connectivity index (χ1n) is 5.32. The van der Waals surface area contributed by atoms with E-state index in [0.29, 0.717) is 18.3 Å². The van der Waals surface area contributed by atoms with E-state index in [4.69, 9.17) is 10.3 Å². The minimum absolute atomic E-state index is 0.545. The Hall–Kier alpha value is -1.69. The van der Waals surface area contributed by atoms with Crippen LogP contribution in [0.1, 0.15) is 18.7 Å². The second-order valence-corrected chi connectivity index (χ2v) is 3.63. The zero-order chi connectivity index (χ0) is 11.4. The smallest absolute Gasteiger partial charge is 0.227 e. The SMILES string of the molecule is Cn1ccc(-c2noc(CCCCN)n2)n1. The first-order chi connectivity index (χ1) is 7.79. The van der Waals surface area contributed by atoms with E-state index in [1.165, 1.54) is 0 Å². The van der Waals surface area contributed by atoms with Gasteiger partial charge in [0.05, 0.1) is 0 Å². The molecule has 86 valence electrons. The average molecular weight is 221 g/mol. The minimum Gasteiger partial charge on any atom is -0.339 e. The Morgan fingerprint density at radius 2 is 2.31 bits per heavy atom. The Morgan fingerprint density at radius 3 is 3.00 bits per heavy atom. The Morgan fingerprint density at radius 1 is 1.44 bits per heavy atom. The zero-order valence-electron chi connectivity index (χ0n) is 9.26. The van der Waals surface area contributed by atoms with E-state index in [1.807, 2.05) is 19.3 Å². The molecule has 0 saturated carbocycles. The standard InChI is InChI=1S/C10H15N5O/c1-15-7-5-8(13-15)10-12-9(16-14-10)4-2-3-6-11/h5,7H,2-4,6,11H2,1H3. The molecule has 2 N–H and O–H groups in total. The summed E-state index contributed by atoms with van der Waals surface area (Å²) in [5.41, 5.74) is 6.14. The van der Waals surface area contributed by atoms with Gasteiger partial charge in [-0.05, 0) is 25.5 Å². The molecule has 2 aromatic rings. The Balaban J connectivity index is 2.02. The fraction of sp³-hybridized carbons (Fsp3) is 0.500.